The normalized spacial score (nSPS) is 24.4. The monoisotopic (exact) mass is 1410 g/mol. The largest absolute Gasteiger partial charge is 0.449 e. The average molecular weight is 1420 g/mol. The van der Waals surface area contributed by atoms with Crippen LogP contribution in [0.4, 0.5) is 46.7 Å². The first-order valence-corrected chi connectivity index (χ1v) is 39.6. The molecule has 3 saturated carbocycles. The lowest BCUT2D eigenvalue weighted by atomic mass is 9.81. The maximum atomic E-state index is 12.8. The van der Waals surface area contributed by atoms with Crippen molar-refractivity contribution in [3.63, 3.8) is 0 Å². The molecular formula is C82H114N10O11. The minimum absolute atomic E-state index is 0.104. The van der Waals surface area contributed by atoms with Crippen molar-refractivity contribution in [3.05, 3.63) is 119 Å². The van der Waals surface area contributed by atoms with Crippen LogP contribution in [0.15, 0.2) is 102 Å². The number of benzene rings is 4. The van der Waals surface area contributed by atoms with Crippen molar-refractivity contribution in [2.45, 2.75) is 253 Å². The van der Waals surface area contributed by atoms with E-state index in [2.05, 4.69) is 77.1 Å². The summed E-state index contributed by atoms with van der Waals surface area (Å²) in [5.41, 5.74) is 7.63. The Labute approximate surface area is 610 Å². The molecule has 0 unspecified atom stereocenters. The molecule has 21 nitrogen and oxygen atoms in total. The van der Waals surface area contributed by atoms with Crippen LogP contribution in [0, 0.1) is 0 Å². The lowest BCUT2D eigenvalue weighted by Crippen LogP contribution is -2.54. The third-order valence-electron chi connectivity index (χ3n) is 24.8. The highest BCUT2D eigenvalue weighted by Gasteiger charge is 2.51. The number of nitrogens with one attached hydrogen (secondary N) is 3. The molecule has 0 radical (unpaired) electrons. The number of nitrogens with zero attached hydrogens (tertiary/aromatic N) is 7. The number of oxime groups is 1. The minimum atomic E-state index is -0.514. The number of carbonyl (C=O) groups is 5. The van der Waals surface area contributed by atoms with Crippen molar-refractivity contribution in [3.8, 4) is 0 Å². The third-order valence-corrected chi connectivity index (χ3v) is 24.8. The first-order chi connectivity index (χ1) is 50.2. The SMILES string of the molecule is CC(C)N1C(=O)OC2(CCN(C3CCCCCC3)CC2)c2ccccc21.CCCOC(=O)N1CCC(N2CCC3(CC2)OC(=O)Nc2ccccc23)CC1.CON=C1CCC(N2CCC3(CC2)OC(=O)Nc2ccccc23)CC1.O=C1Nc2ccccc2C2(CCN(C3CCCCCCC3)CC2)O1. The lowest BCUT2D eigenvalue weighted by molar-refractivity contribution is -0.0515. The van der Waals surface area contributed by atoms with Gasteiger partial charge in [-0.2, -0.15) is 0 Å². The van der Waals surface area contributed by atoms with Gasteiger partial charge in [0.25, 0.3) is 0 Å². The lowest BCUT2D eigenvalue weighted by Gasteiger charge is -2.48. The minimum Gasteiger partial charge on any atom is -0.449 e. The van der Waals surface area contributed by atoms with Gasteiger partial charge in [0, 0.05) is 169 Å². The summed E-state index contributed by atoms with van der Waals surface area (Å²) in [6.45, 7) is 15.9. The number of carbonyl (C=O) groups excluding carboxylic acids is 5. The first-order valence-electron chi connectivity index (χ1n) is 39.6. The number of amides is 5. The quantitative estimate of drug-likeness (QED) is 0.0851. The number of hydrogen-bond acceptors (Lipinski definition) is 16. The maximum Gasteiger partial charge on any atom is 0.415 e. The van der Waals surface area contributed by atoms with Crippen molar-refractivity contribution in [1.82, 2.24) is 24.5 Å². The van der Waals surface area contributed by atoms with Gasteiger partial charge in [-0.25, -0.2) is 24.0 Å². The predicted octanol–water partition coefficient (Wildman–Crippen LogP) is 16.8. The number of anilines is 4. The second-order valence-corrected chi connectivity index (χ2v) is 31.2. The number of fused-ring (bicyclic) bond motifs is 8. The van der Waals surface area contributed by atoms with Gasteiger partial charge in [-0.1, -0.05) is 143 Å². The molecule has 21 heteroatoms. The van der Waals surface area contributed by atoms with Crippen molar-refractivity contribution in [1.29, 1.82) is 0 Å². The van der Waals surface area contributed by atoms with Gasteiger partial charge in [-0.15, -0.1) is 0 Å². The fraction of sp³-hybridized carbons (Fsp3) is 0.634. The van der Waals surface area contributed by atoms with Crippen LogP contribution in [-0.2, 0) is 50.9 Å². The summed E-state index contributed by atoms with van der Waals surface area (Å²) in [5.74, 6) is 0. The van der Waals surface area contributed by atoms with Crippen LogP contribution in [0.1, 0.15) is 223 Å². The van der Waals surface area contributed by atoms with Crippen molar-refractivity contribution in [2.24, 2.45) is 5.16 Å². The van der Waals surface area contributed by atoms with Crippen LogP contribution in [0.25, 0.3) is 0 Å². The summed E-state index contributed by atoms with van der Waals surface area (Å²) in [4.78, 5) is 79.8. The summed E-state index contributed by atoms with van der Waals surface area (Å²) >= 11 is 0. The smallest absolute Gasteiger partial charge is 0.415 e. The van der Waals surface area contributed by atoms with Gasteiger partial charge in [0.1, 0.15) is 29.5 Å². The average Bonchev–Trinajstić information content (AvgIpc) is 0.847. The predicted molar refractivity (Wildman–Crippen MR) is 401 cm³/mol. The molecule has 4 spiro atoms. The van der Waals surface area contributed by atoms with E-state index in [1.165, 1.54) is 94.7 Å². The van der Waals surface area contributed by atoms with Crippen LogP contribution in [-0.4, -0.2) is 170 Å². The molecule has 12 aliphatic rings. The molecular weight excluding hydrogens is 1300 g/mol. The van der Waals surface area contributed by atoms with Gasteiger partial charge in [0.05, 0.1) is 35.1 Å². The molecule has 0 atom stereocenters. The highest BCUT2D eigenvalue weighted by molar-refractivity contribution is 5.93. The number of piperidine rings is 5. The van der Waals surface area contributed by atoms with Gasteiger partial charge >= 0.3 is 30.5 Å². The highest BCUT2D eigenvalue weighted by Crippen LogP contribution is 2.50. The van der Waals surface area contributed by atoms with E-state index in [-0.39, 0.29) is 36.5 Å². The fourth-order valence-electron chi connectivity index (χ4n) is 19.1. The Morgan fingerprint density at radius 3 is 1.17 bits per heavy atom. The standard InChI is InChI=1S/C22H32N2O2.C21H29N3O4.C20H28N2O2.C19H25N3O3/c1-17(2)24-20-12-8-7-11-19(20)22(26-21(24)25)13-15-23(16-14-22)18-9-5-3-4-6-10-18;1-2-15-27-20(26)24-11-7-16(8-12-24)23-13-9-21(10-14-23)17-5-3-4-6-18(17)22-19(25)28-21;23-19-21-18-11-7-6-10-17(18)20(24-19)12-14-22(15-13-20)16-8-4-2-1-3-5-9-16;1-24-21-14-6-8-15(9-7-14)22-12-10-19(11-13-22)16-4-2-3-5-17(16)20-18(23)25-19/h7-8,11-12,17-18H,3-6,9-10,13-16H2,1-2H3;3-6,16H,2,7-15H2,1H3,(H,22,25);6-7,10-11,16H,1-5,8-9,12-15H2,(H,21,23);2-5,15H,6-13H2,1H3,(H,20,23). The molecule has 0 bridgehead atoms. The maximum absolute atomic E-state index is 12.8. The number of likely N-dealkylation sites (tertiary alicyclic amines) is 5. The fourth-order valence-corrected chi connectivity index (χ4v) is 19.1. The Morgan fingerprint density at radius 1 is 0.456 bits per heavy atom. The van der Waals surface area contributed by atoms with E-state index < -0.39 is 22.4 Å². The second kappa shape index (κ2) is 33.8. The number of para-hydroxylation sites is 4. The van der Waals surface area contributed by atoms with Gasteiger partial charge in [-0.05, 0) is 109 Å². The summed E-state index contributed by atoms with van der Waals surface area (Å²) < 4.78 is 28.9. The molecule has 5 amide bonds. The molecule has 4 aromatic carbocycles. The zero-order chi connectivity index (χ0) is 71.4. The molecule has 9 heterocycles. The van der Waals surface area contributed by atoms with Crippen molar-refractivity contribution in [2.75, 3.05) is 100 Å². The van der Waals surface area contributed by atoms with E-state index in [9.17, 15) is 24.0 Å². The van der Waals surface area contributed by atoms with Gasteiger partial charge in [0.2, 0.25) is 0 Å². The van der Waals surface area contributed by atoms with E-state index in [0.29, 0.717) is 18.7 Å². The van der Waals surface area contributed by atoms with Gasteiger partial charge in [-0.3, -0.25) is 25.8 Å². The molecule has 9 aliphatic heterocycles. The molecule has 0 aromatic heterocycles. The first kappa shape index (κ1) is 73.8. The van der Waals surface area contributed by atoms with Crippen LogP contribution >= 0.6 is 0 Å². The van der Waals surface area contributed by atoms with E-state index in [4.69, 9.17) is 28.5 Å². The summed E-state index contributed by atoms with van der Waals surface area (Å²) in [7, 11) is 1.61. The number of hydrogen-bond donors (Lipinski definition) is 3. The molecule has 5 saturated heterocycles. The van der Waals surface area contributed by atoms with Gasteiger partial charge < -0.3 is 48.1 Å². The van der Waals surface area contributed by atoms with Crippen LogP contribution in [0.3, 0.4) is 0 Å². The van der Waals surface area contributed by atoms with E-state index in [1.807, 2.05) is 86.3 Å². The van der Waals surface area contributed by atoms with E-state index in [1.54, 1.807) is 12.0 Å². The summed E-state index contributed by atoms with van der Waals surface area (Å²) in [6.07, 6.45) is 30.5. The molecule has 3 N–H and O–H groups in total. The molecule has 103 heavy (non-hydrogen) atoms. The molecule has 558 valence electrons. The van der Waals surface area contributed by atoms with Crippen LogP contribution in [0.2, 0.25) is 0 Å². The second-order valence-electron chi connectivity index (χ2n) is 31.2. The van der Waals surface area contributed by atoms with Crippen LogP contribution in [0.5, 0.6) is 0 Å². The van der Waals surface area contributed by atoms with Crippen molar-refractivity contribution >= 4 is 58.9 Å². The number of ether oxygens (including phenoxy) is 5. The molecule has 4 aromatic rings. The molecule has 8 fully saturated rings. The van der Waals surface area contributed by atoms with E-state index >= 15 is 0 Å². The van der Waals surface area contributed by atoms with Crippen molar-refractivity contribution < 1.29 is 52.5 Å². The third kappa shape index (κ3) is 17.0. The molecule has 16 rings (SSSR count). The Balaban J connectivity index is 0.000000122. The topological polar surface area (TPSA) is 209 Å². The Kier molecular flexibility index (Phi) is 24.2. The Morgan fingerprint density at radius 2 is 0.796 bits per heavy atom. The van der Waals surface area contributed by atoms with Gasteiger partial charge in [0.15, 0.2) is 0 Å². The highest BCUT2D eigenvalue weighted by atomic mass is 16.6. The zero-order valence-corrected chi connectivity index (χ0v) is 61.8. The van der Waals surface area contributed by atoms with E-state index in [0.717, 1.165) is 213 Å². The Hall–Kier alpha value is -7.46. The number of rotatable bonds is 8. The summed E-state index contributed by atoms with van der Waals surface area (Å²) in [6, 6.07) is 35.1. The molecule has 3 aliphatic carbocycles. The summed E-state index contributed by atoms with van der Waals surface area (Å²) in [5, 5.41) is 12.6. The Bertz CT molecular complexity index is 3540. The zero-order valence-electron chi connectivity index (χ0n) is 61.8. The van der Waals surface area contributed by atoms with Crippen LogP contribution < -0.4 is 20.9 Å².